The van der Waals surface area contributed by atoms with Crippen molar-refractivity contribution < 1.29 is 14.2 Å². The van der Waals surface area contributed by atoms with E-state index in [0.29, 0.717) is 12.7 Å². The monoisotopic (exact) mass is 249 g/mol. The smallest absolute Gasteiger partial charge is 0.231 e. The van der Waals surface area contributed by atoms with E-state index in [2.05, 4.69) is 5.32 Å². The van der Waals surface area contributed by atoms with Gasteiger partial charge >= 0.3 is 0 Å². The highest BCUT2D eigenvalue weighted by Gasteiger charge is 2.24. The van der Waals surface area contributed by atoms with Gasteiger partial charge in [-0.05, 0) is 50.4 Å². The quantitative estimate of drug-likeness (QED) is 0.889. The second-order valence-electron chi connectivity index (χ2n) is 4.90. The maximum absolute atomic E-state index is 5.59. The standard InChI is InChI=1S/C14H19NO3/c1-16-12-4-5-13-14(18-9-17-13)11(12)7-10-3-2-6-15-8-10/h4-5,10,15H,2-3,6-9H2,1H3. The summed E-state index contributed by atoms with van der Waals surface area (Å²) >= 11 is 0. The molecule has 98 valence electrons. The molecular formula is C14H19NO3. The third-order valence-electron chi connectivity index (χ3n) is 3.71. The van der Waals surface area contributed by atoms with Gasteiger partial charge in [0, 0.05) is 5.56 Å². The topological polar surface area (TPSA) is 39.7 Å². The summed E-state index contributed by atoms with van der Waals surface area (Å²) in [6.45, 7) is 2.53. The molecule has 0 saturated carbocycles. The molecule has 1 aromatic rings. The van der Waals surface area contributed by atoms with Crippen LogP contribution in [0.1, 0.15) is 18.4 Å². The number of nitrogens with one attached hydrogen (secondary N) is 1. The summed E-state index contributed by atoms with van der Waals surface area (Å²) in [5.41, 5.74) is 1.15. The Balaban J connectivity index is 1.86. The molecule has 0 aromatic heterocycles. The molecule has 0 radical (unpaired) electrons. The lowest BCUT2D eigenvalue weighted by Crippen LogP contribution is -2.31. The Labute approximate surface area is 107 Å². The van der Waals surface area contributed by atoms with Gasteiger partial charge < -0.3 is 19.5 Å². The maximum atomic E-state index is 5.59. The predicted octanol–water partition coefficient (Wildman–Crippen LogP) is 1.97. The fourth-order valence-corrected chi connectivity index (χ4v) is 2.78. The molecule has 1 aromatic carbocycles. The van der Waals surface area contributed by atoms with Crippen LogP contribution in [0.4, 0.5) is 0 Å². The summed E-state index contributed by atoms with van der Waals surface area (Å²) in [6.07, 6.45) is 3.50. The first-order chi connectivity index (χ1) is 8.88. The van der Waals surface area contributed by atoms with Crippen molar-refractivity contribution in [1.29, 1.82) is 0 Å². The second kappa shape index (κ2) is 5.06. The molecule has 0 aliphatic carbocycles. The van der Waals surface area contributed by atoms with E-state index < -0.39 is 0 Å². The Hall–Kier alpha value is -1.42. The van der Waals surface area contributed by atoms with E-state index in [0.717, 1.165) is 42.3 Å². The van der Waals surface area contributed by atoms with Gasteiger partial charge in [-0.25, -0.2) is 0 Å². The van der Waals surface area contributed by atoms with Gasteiger partial charge in [0.2, 0.25) is 6.79 Å². The van der Waals surface area contributed by atoms with Crippen LogP contribution in [-0.2, 0) is 6.42 Å². The van der Waals surface area contributed by atoms with Gasteiger partial charge in [-0.1, -0.05) is 0 Å². The van der Waals surface area contributed by atoms with Crippen molar-refractivity contribution in [1.82, 2.24) is 5.32 Å². The van der Waals surface area contributed by atoms with E-state index in [1.165, 1.54) is 12.8 Å². The fourth-order valence-electron chi connectivity index (χ4n) is 2.78. The number of benzene rings is 1. The molecule has 0 amide bonds. The molecule has 1 fully saturated rings. The first kappa shape index (κ1) is 11.7. The lowest BCUT2D eigenvalue weighted by atomic mass is 9.91. The average molecular weight is 249 g/mol. The first-order valence-corrected chi connectivity index (χ1v) is 6.54. The number of methoxy groups -OCH3 is 1. The largest absolute Gasteiger partial charge is 0.496 e. The van der Waals surface area contributed by atoms with Crippen molar-refractivity contribution in [2.45, 2.75) is 19.3 Å². The van der Waals surface area contributed by atoms with Crippen LogP contribution in [-0.4, -0.2) is 27.0 Å². The van der Waals surface area contributed by atoms with Gasteiger partial charge in [-0.15, -0.1) is 0 Å². The van der Waals surface area contributed by atoms with Crippen LogP contribution in [0.5, 0.6) is 17.2 Å². The highest BCUT2D eigenvalue weighted by atomic mass is 16.7. The SMILES string of the molecule is COc1ccc2c(c1CC1CCCNC1)OCO2. The Bertz CT molecular complexity index is 427. The molecule has 1 saturated heterocycles. The minimum Gasteiger partial charge on any atom is -0.496 e. The molecule has 4 nitrogen and oxygen atoms in total. The van der Waals surface area contributed by atoms with Gasteiger partial charge in [0.05, 0.1) is 7.11 Å². The van der Waals surface area contributed by atoms with E-state index in [1.807, 2.05) is 12.1 Å². The van der Waals surface area contributed by atoms with Crippen molar-refractivity contribution >= 4 is 0 Å². The molecule has 1 atom stereocenters. The molecular weight excluding hydrogens is 230 g/mol. The summed E-state index contributed by atoms with van der Waals surface area (Å²) in [5.74, 6) is 3.28. The Morgan fingerprint density at radius 3 is 3.11 bits per heavy atom. The van der Waals surface area contributed by atoms with Crippen molar-refractivity contribution in [2.75, 3.05) is 27.0 Å². The maximum Gasteiger partial charge on any atom is 0.231 e. The van der Waals surface area contributed by atoms with Gasteiger partial charge in [-0.3, -0.25) is 0 Å². The van der Waals surface area contributed by atoms with Crippen molar-refractivity contribution in [3.05, 3.63) is 17.7 Å². The van der Waals surface area contributed by atoms with Gasteiger partial charge in [0.15, 0.2) is 11.5 Å². The Morgan fingerprint density at radius 2 is 2.33 bits per heavy atom. The predicted molar refractivity (Wildman–Crippen MR) is 68.4 cm³/mol. The van der Waals surface area contributed by atoms with E-state index >= 15 is 0 Å². The van der Waals surface area contributed by atoms with E-state index in [4.69, 9.17) is 14.2 Å². The number of piperidine rings is 1. The van der Waals surface area contributed by atoms with Crippen LogP contribution in [0.15, 0.2) is 12.1 Å². The zero-order valence-electron chi connectivity index (χ0n) is 10.7. The average Bonchev–Trinajstić information content (AvgIpc) is 2.89. The number of hydrogen-bond acceptors (Lipinski definition) is 4. The molecule has 2 aliphatic rings. The minimum absolute atomic E-state index is 0.318. The van der Waals surface area contributed by atoms with Crippen LogP contribution in [0.25, 0.3) is 0 Å². The van der Waals surface area contributed by atoms with Crippen LogP contribution in [0, 0.1) is 5.92 Å². The zero-order chi connectivity index (χ0) is 12.4. The van der Waals surface area contributed by atoms with Crippen molar-refractivity contribution in [3.8, 4) is 17.2 Å². The van der Waals surface area contributed by atoms with Crippen LogP contribution in [0.3, 0.4) is 0 Å². The molecule has 3 rings (SSSR count). The molecule has 2 aliphatic heterocycles. The molecule has 1 N–H and O–H groups in total. The minimum atomic E-state index is 0.318. The summed E-state index contributed by atoms with van der Waals surface area (Å²) in [4.78, 5) is 0. The molecule has 0 spiro atoms. The fraction of sp³-hybridized carbons (Fsp3) is 0.571. The van der Waals surface area contributed by atoms with Gasteiger partial charge in [0.1, 0.15) is 5.75 Å². The lowest BCUT2D eigenvalue weighted by molar-refractivity contribution is 0.172. The molecule has 0 bridgehead atoms. The van der Waals surface area contributed by atoms with E-state index in [9.17, 15) is 0 Å². The highest BCUT2D eigenvalue weighted by molar-refractivity contribution is 5.55. The molecule has 18 heavy (non-hydrogen) atoms. The van der Waals surface area contributed by atoms with E-state index in [-0.39, 0.29) is 0 Å². The number of fused-ring (bicyclic) bond motifs is 1. The van der Waals surface area contributed by atoms with Gasteiger partial charge in [-0.2, -0.15) is 0 Å². The summed E-state index contributed by atoms with van der Waals surface area (Å²) in [6, 6.07) is 3.89. The Morgan fingerprint density at radius 1 is 1.39 bits per heavy atom. The first-order valence-electron chi connectivity index (χ1n) is 6.54. The summed E-state index contributed by atoms with van der Waals surface area (Å²) in [5, 5.41) is 3.45. The van der Waals surface area contributed by atoms with Crippen LogP contribution >= 0.6 is 0 Å². The molecule has 2 heterocycles. The van der Waals surface area contributed by atoms with Crippen LogP contribution in [0.2, 0.25) is 0 Å². The lowest BCUT2D eigenvalue weighted by Gasteiger charge is -2.24. The number of hydrogen-bond donors (Lipinski definition) is 1. The number of rotatable bonds is 3. The molecule has 4 heteroatoms. The summed E-state index contributed by atoms with van der Waals surface area (Å²) in [7, 11) is 1.71. The number of ether oxygens (including phenoxy) is 3. The van der Waals surface area contributed by atoms with Crippen molar-refractivity contribution in [2.24, 2.45) is 5.92 Å². The summed E-state index contributed by atoms with van der Waals surface area (Å²) < 4.78 is 16.5. The third-order valence-corrected chi connectivity index (χ3v) is 3.71. The zero-order valence-corrected chi connectivity index (χ0v) is 10.7. The Kier molecular flexibility index (Phi) is 3.28. The van der Waals surface area contributed by atoms with Crippen molar-refractivity contribution in [3.63, 3.8) is 0 Å². The highest BCUT2D eigenvalue weighted by Crippen LogP contribution is 2.42. The van der Waals surface area contributed by atoms with Gasteiger partial charge in [0.25, 0.3) is 0 Å². The molecule has 1 unspecified atom stereocenters. The third kappa shape index (κ3) is 2.12. The van der Waals surface area contributed by atoms with E-state index in [1.54, 1.807) is 7.11 Å². The normalized spacial score (nSPS) is 21.9. The van der Waals surface area contributed by atoms with Crippen LogP contribution < -0.4 is 19.5 Å². The second-order valence-corrected chi connectivity index (χ2v) is 4.90.